The summed E-state index contributed by atoms with van der Waals surface area (Å²) in [6.07, 6.45) is -1.46. The lowest BCUT2D eigenvalue weighted by atomic mass is 10.00. The monoisotopic (exact) mass is 346 g/mol. The van der Waals surface area contributed by atoms with Crippen LogP contribution in [-0.2, 0) is 0 Å². The van der Waals surface area contributed by atoms with Crippen molar-refractivity contribution in [3.05, 3.63) is 63.4 Å². The lowest BCUT2D eigenvalue weighted by Gasteiger charge is -2.16. The minimum atomic E-state index is -1.46. The fraction of sp³-hybridized carbons (Fsp3) is 0.143. The van der Waals surface area contributed by atoms with E-state index >= 15 is 0 Å². The van der Waals surface area contributed by atoms with Crippen molar-refractivity contribution in [2.24, 2.45) is 0 Å². The van der Waals surface area contributed by atoms with E-state index in [4.69, 9.17) is 4.74 Å². The highest BCUT2D eigenvalue weighted by atomic mass is 79.9. The number of methoxy groups -OCH3 is 1. The molecule has 0 aliphatic carbocycles. The van der Waals surface area contributed by atoms with Crippen LogP contribution in [0.5, 0.6) is 5.75 Å². The van der Waals surface area contributed by atoms with Crippen molar-refractivity contribution < 1.29 is 23.0 Å². The molecule has 2 nitrogen and oxygen atoms in total. The molecule has 106 valence electrons. The molecule has 2 rings (SSSR count). The molecule has 0 aromatic heterocycles. The van der Waals surface area contributed by atoms with Crippen LogP contribution in [0.15, 0.2) is 34.8 Å². The lowest BCUT2D eigenvalue weighted by molar-refractivity contribution is 0.208. The smallest absolute Gasteiger partial charge is 0.161 e. The molecule has 0 saturated carbocycles. The molecule has 1 unspecified atom stereocenters. The number of benzene rings is 2. The van der Waals surface area contributed by atoms with Gasteiger partial charge in [0.15, 0.2) is 11.6 Å². The molecular weight excluding hydrogens is 337 g/mol. The zero-order valence-corrected chi connectivity index (χ0v) is 11.9. The van der Waals surface area contributed by atoms with Gasteiger partial charge in [0.25, 0.3) is 0 Å². The Balaban J connectivity index is 2.51. The van der Waals surface area contributed by atoms with Gasteiger partial charge in [-0.25, -0.2) is 13.2 Å². The maximum Gasteiger partial charge on any atom is 0.161 e. The van der Waals surface area contributed by atoms with Crippen molar-refractivity contribution in [1.29, 1.82) is 0 Å². The van der Waals surface area contributed by atoms with Gasteiger partial charge in [-0.15, -0.1) is 0 Å². The Morgan fingerprint density at radius 1 is 1.00 bits per heavy atom. The maximum atomic E-state index is 13.7. The Morgan fingerprint density at radius 3 is 2.30 bits per heavy atom. The van der Waals surface area contributed by atoms with Crippen LogP contribution in [0.1, 0.15) is 17.2 Å². The van der Waals surface area contributed by atoms with Crippen molar-refractivity contribution in [1.82, 2.24) is 0 Å². The SMILES string of the molecule is COc1cc(Br)ccc1C(O)c1cc(F)c(F)cc1F. The van der Waals surface area contributed by atoms with Crippen LogP contribution < -0.4 is 4.74 Å². The molecular formula is C14H10BrF3O2. The van der Waals surface area contributed by atoms with Gasteiger partial charge in [0.1, 0.15) is 17.7 Å². The largest absolute Gasteiger partial charge is 0.496 e. The topological polar surface area (TPSA) is 29.5 Å². The van der Waals surface area contributed by atoms with Gasteiger partial charge in [0, 0.05) is 21.7 Å². The third-order valence-electron chi connectivity index (χ3n) is 2.82. The van der Waals surface area contributed by atoms with Crippen LogP contribution in [0.25, 0.3) is 0 Å². The first-order valence-corrected chi connectivity index (χ1v) is 6.39. The number of aliphatic hydroxyl groups is 1. The summed E-state index contributed by atoms with van der Waals surface area (Å²) < 4.78 is 45.5. The van der Waals surface area contributed by atoms with Gasteiger partial charge in [-0.1, -0.05) is 22.0 Å². The molecule has 0 spiro atoms. The normalized spacial score (nSPS) is 12.3. The number of hydrogen-bond donors (Lipinski definition) is 1. The van der Waals surface area contributed by atoms with E-state index in [-0.39, 0.29) is 11.1 Å². The summed E-state index contributed by atoms with van der Waals surface area (Å²) in [5, 5.41) is 10.2. The Labute approximate surface area is 121 Å². The second-order valence-electron chi connectivity index (χ2n) is 4.08. The first-order chi connectivity index (χ1) is 9.43. The molecule has 1 N–H and O–H groups in total. The predicted octanol–water partition coefficient (Wildman–Crippen LogP) is 3.96. The summed E-state index contributed by atoms with van der Waals surface area (Å²) in [6, 6.07) is 5.75. The molecule has 0 heterocycles. The standard InChI is InChI=1S/C14H10BrF3O2/c1-20-13-4-7(15)2-3-8(13)14(19)9-5-11(17)12(18)6-10(9)16/h2-6,14,19H,1H3. The number of halogens is 4. The minimum absolute atomic E-state index is 0.251. The Hall–Kier alpha value is -1.53. The average molecular weight is 347 g/mol. The molecule has 20 heavy (non-hydrogen) atoms. The van der Waals surface area contributed by atoms with Gasteiger partial charge in [0.05, 0.1) is 7.11 Å². The molecule has 1 atom stereocenters. The van der Waals surface area contributed by atoms with Crippen molar-refractivity contribution in [3.8, 4) is 5.75 Å². The van der Waals surface area contributed by atoms with Gasteiger partial charge < -0.3 is 9.84 Å². The lowest BCUT2D eigenvalue weighted by Crippen LogP contribution is -2.06. The summed E-state index contributed by atoms with van der Waals surface area (Å²) >= 11 is 3.23. The summed E-state index contributed by atoms with van der Waals surface area (Å²) in [7, 11) is 1.39. The van der Waals surface area contributed by atoms with Gasteiger partial charge in [-0.05, 0) is 18.2 Å². The van der Waals surface area contributed by atoms with Crippen LogP contribution in [-0.4, -0.2) is 12.2 Å². The third kappa shape index (κ3) is 2.81. The highest BCUT2D eigenvalue weighted by Crippen LogP contribution is 2.33. The van der Waals surface area contributed by atoms with Gasteiger partial charge in [0.2, 0.25) is 0 Å². The van der Waals surface area contributed by atoms with Crippen molar-refractivity contribution in [2.45, 2.75) is 6.10 Å². The zero-order valence-electron chi connectivity index (χ0n) is 10.3. The number of rotatable bonds is 3. The molecule has 2 aromatic carbocycles. The van der Waals surface area contributed by atoms with Crippen LogP contribution in [0.2, 0.25) is 0 Å². The maximum absolute atomic E-state index is 13.7. The zero-order chi connectivity index (χ0) is 14.9. The van der Waals surface area contributed by atoms with Crippen molar-refractivity contribution >= 4 is 15.9 Å². The molecule has 0 aliphatic rings. The quantitative estimate of drug-likeness (QED) is 0.852. The Kier molecular flexibility index (Phi) is 4.35. The fourth-order valence-corrected chi connectivity index (χ4v) is 2.17. The Morgan fingerprint density at radius 2 is 1.65 bits per heavy atom. The van der Waals surface area contributed by atoms with E-state index in [1.165, 1.54) is 13.2 Å². The summed E-state index contributed by atoms with van der Waals surface area (Å²) in [4.78, 5) is 0. The van der Waals surface area contributed by atoms with Gasteiger partial charge in [-0.2, -0.15) is 0 Å². The molecule has 0 radical (unpaired) electrons. The highest BCUT2D eigenvalue weighted by Gasteiger charge is 2.21. The predicted molar refractivity (Wildman–Crippen MR) is 71.1 cm³/mol. The van der Waals surface area contributed by atoms with E-state index < -0.39 is 23.6 Å². The number of hydrogen-bond acceptors (Lipinski definition) is 2. The first kappa shape index (κ1) is 14.9. The first-order valence-electron chi connectivity index (χ1n) is 5.60. The molecule has 0 saturated heterocycles. The summed E-state index contributed by atoms with van der Waals surface area (Å²) in [5.74, 6) is -3.25. The van der Waals surface area contributed by atoms with Crippen molar-refractivity contribution in [3.63, 3.8) is 0 Å². The van der Waals surface area contributed by atoms with E-state index in [0.29, 0.717) is 22.4 Å². The Bertz CT molecular complexity index is 647. The van der Waals surface area contributed by atoms with Gasteiger partial charge in [-0.3, -0.25) is 0 Å². The van der Waals surface area contributed by atoms with Crippen LogP contribution in [0.4, 0.5) is 13.2 Å². The minimum Gasteiger partial charge on any atom is -0.496 e. The average Bonchev–Trinajstić information content (AvgIpc) is 2.42. The van der Waals surface area contributed by atoms with Crippen LogP contribution >= 0.6 is 15.9 Å². The molecule has 0 fully saturated rings. The van der Waals surface area contributed by atoms with E-state index in [2.05, 4.69) is 15.9 Å². The molecule has 0 amide bonds. The number of aliphatic hydroxyl groups excluding tert-OH is 1. The summed E-state index contributed by atoms with van der Waals surface area (Å²) in [5.41, 5.74) is -0.106. The van der Waals surface area contributed by atoms with E-state index in [1.807, 2.05) is 0 Å². The third-order valence-corrected chi connectivity index (χ3v) is 3.32. The molecule has 2 aromatic rings. The second-order valence-corrected chi connectivity index (χ2v) is 4.99. The van der Waals surface area contributed by atoms with Gasteiger partial charge >= 0.3 is 0 Å². The fourth-order valence-electron chi connectivity index (χ4n) is 1.83. The van der Waals surface area contributed by atoms with E-state index in [0.717, 1.165) is 0 Å². The molecule has 0 bridgehead atoms. The number of ether oxygens (including phenoxy) is 1. The van der Waals surface area contributed by atoms with Crippen molar-refractivity contribution in [2.75, 3.05) is 7.11 Å². The molecule has 6 heteroatoms. The molecule has 0 aliphatic heterocycles. The van der Waals surface area contributed by atoms with E-state index in [9.17, 15) is 18.3 Å². The highest BCUT2D eigenvalue weighted by molar-refractivity contribution is 9.10. The summed E-state index contributed by atoms with van der Waals surface area (Å²) in [6.45, 7) is 0. The van der Waals surface area contributed by atoms with Crippen LogP contribution in [0, 0.1) is 17.5 Å². The van der Waals surface area contributed by atoms with Crippen LogP contribution in [0.3, 0.4) is 0 Å². The van der Waals surface area contributed by atoms with E-state index in [1.54, 1.807) is 12.1 Å². The second kappa shape index (κ2) is 5.85.